The van der Waals surface area contributed by atoms with Crippen molar-refractivity contribution >= 4 is 42.7 Å². The first kappa shape index (κ1) is 15.9. The highest BCUT2D eigenvalue weighted by Crippen LogP contribution is 2.34. The van der Waals surface area contributed by atoms with Gasteiger partial charge in [0.1, 0.15) is 0 Å². The third-order valence-corrected chi connectivity index (χ3v) is 5.58. The molecule has 5 nitrogen and oxygen atoms in total. The topological polar surface area (TPSA) is 61.8 Å². The summed E-state index contributed by atoms with van der Waals surface area (Å²) in [6.07, 6.45) is -0.609. The molecule has 22 heavy (non-hydrogen) atoms. The third kappa shape index (κ3) is 3.49. The minimum Gasteiger partial charge on any atom is -0.460 e. The minimum absolute atomic E-state index is 0.0518. The summed E-state index contributed by atoms with van der Waals surface area (Å²) in [5.41, 5.74) is 0. The van der Waals surface area contributed by atoms with Crippen molar-refractivity contribution in [2.75, 3.05) is 0 Å². The maximum absolute atomic E-state index is 11.5. The Hall–Kier alpha value is -0.990. The summed E-state index contributed by atoms with van der Waals surface area (Å²) in [6.45, 7) is 0. The molecule has 0 aliphatic carbocycles. The van der Waals surface area contributed by atoms with Gasteiger partial charge in [-0.1, -0.05) is 12.1 Å². The lowest BCUT2D eigenvalue weighted by atomic mass is 10.3. The van der Waals surface area contributed by atoms with Gasteiger partial charge in [-0.3, -0.25) is 4.74 Å². The molecular weight excluding hydrogens is 371 g/mol. The summed E-state index contributed by atoms with van der Waals surface area (Å²) < 4.78 is 39.6. The molecule has 0 amide bonds. The van der Waals surface area contributed by atoms with Crippen LogP contribution in [0.5, 0.6) is 11.5 Å². The molecule has 2 atom stereocenters. The highest BCUT2D eigenvalue weighted by atomic mass is 35.7. The van der Waals surface area contributed by atoms with Gasteiger partial charge >= 0.3 is 0 Å². The second kappa shape index (κ2) is 6.25. The first-order chi connectivity index (χ1) is 10.4. The standard InChI is InChI=1S/C13H10Cl2O5S2/c14-13-19-9-4-2-1-3-8(9)18-12(20-13)7-10-11(5-6-21-10)22(15,16)17/h1-6,12-13H,7H2. The Morgan fingerprint density at radius 3 is 2.50 bits per heavy atom. The van der Waals surface area contributed by atoms with E-state index in [1.807, 2.05) is 0 Å². The average Bonchev–Trinajstić information content (AvgIpc) is 2.82. The lowest BCUT2D eigenvalue weighted by Crippen LogP contribution is -2.26. The van der Waals surface area contributed by atoms with Crippen molar-refractivity contribution in [2.24, 2.45) is 0 Å². The van der Waals surface area contributed by atoms with E-state index in [2.05, 4.69) is 0 Å². The Bertz CT molecular complexity index is 774. The van der Waals surface area contributed by atoms with Gasteiger partial charge in [-0.15, -0.1) is 11.3 Å². The molecule has 1 aliphatic rings. The zero-order chi connectivity index (χ0) is 15.7. The minimum atomic E-state index is -3.82. The molecule has 0 radical (unpaired) electrons. The van der Waals surface area contributed by atoms with Crippen LogP contribution in [0, 0.1) is 0 Å². The number of para-hydroxylation sites is 2. The molecule has 0 saturated heterocycles. The molecule has 9 heteroatoms. The fourth-order valence-electron chi connectivity index (χ4n) is 2.00. The van der Waals surface area contributed by atoms with E-state index >= 15 is 0 Å². The van der Waals surface area contributed by atoms with Crippen LogP contribution in [-0.2, 0) is 20.2 Å². The summed E-state index contributed by atoms with van der Waals surface area (Å²) in [5.74, 6) is -0.103. The predicted octanol–water partition coefficient (Wildman–Crippen LogP) is 3.55. The van der Waals surface area contributed by atoms with Crippen LogP contribution in [0.15, 0.2) is 40.6 Å². The number of benzene rings is 1. The number of ether oxygens (including phenoxy) is 3. The number of thiophene rings is 1. The Morgan fingerprint density at radius 1 is 1.14 bits per heavy atom. The van der Waals surface area contributed by atoms with Gasteiger partial charge < -0.3 is 9.47 Å². The second-order valence-electron chi connectivity index (χ2n) is 4.37. The predicted molar refractivity (Wildman–Crippen MR) is 83.3 cm³/mol. The van der Waals surface area contributed by atoms with Crippen LogP contribution in [0.2, 0.25) is 0 Å². The molecule has 1 aromatic carbocycles. The molecule has 3 rings (SSSR count). The number of rotatable bonds is 3. The van der Waals surface area contributed by atoms with Gasteiger partial charge in [0.25, 0.3) is 14.8 Å². The van der Waals surface area contributed by atoms with E-state index in [4.69, 9.17) is 36.5 Å². The van der Waals surface area contributed by atoms with Crippen molar-refractivity contribution in [1.29, 1.82) is 0 Å². The van der Waals surface area contributed by atoms with Crippen LogP contribution in [0.3, 0.4) is 0 Å². The number of fused-ring (bicyclic) bond motifs is 1. The van der Waals surface area contributed by atoms with Crippen molar-refractivity contribution in [3.05, 3.63) is 40.6 Å². The lowest BCUT2D eigenvalue weighted by Gasteiger charge is -2.17. The summed E-state index contributed by atoms with van der Waals surface area (Å²) in [4.78, 5) is 0.583. The first-order valence-electron chi connectivity index (χ1n) is 6.16. The normalized spacial score (nSPS) is 21.4. The molecule has 0 N–H and O–H groups in total. The average molecular weight is 381 g/mol. The van der Waals surface area contributed by atoms with Crippen LogP contribution in [-0.4, -0.2) is 20.5 Å². The van der Waals surface area contributed by atoms with E-state index < -0.39 is 21.1 Å². The summed E-state index contributed by atoms with van der Waals surface area (Å²) in [5, 5.41) is 1.64. The number of hydrogen-bond donors (Lipinski definition) is 0. The van der Waals surface area contributed by atoms with Gasteiger partial charge in [0, 0.05) is 22.0 Å². The molecule has 2 heterocycles. The maximum Gasteiger partial charge on any atom is 0.282 e. The van der Waals surface area contributed by atoms with Crippen molar-refractivity contribution < 1.29 is 22.6 Å². The van der Waals surface area contributed by atoms with Crippen molar-refractivity contribution in [3.63, 3.8) is 0 Å². The van der Waals surface area contributed by atoms with Crippen LogP contribution in [0.1, 0.15) is 4.88 Å². The van der Waals surface area contributed by atoms with Gasteiger partial charge in [0.15, 0.2) is 11.5 Å². The molecule has 2 unspecified atom stereocenters. The highest BCUT2D eigenvalue weighted by Gasteiger charge is 2.27. The summed E-state index contributed by atoms with van der Waals surface area (Å²) in [6, 6.07) is 8.43. The molecule has 1 aliphatic heterocycles. The van der Waals surface area contributed by atoms with Crippen LogP contribution < -0.4 is 9.47 Å². The quantitative estimate of drug-likeness (QED) is 0.601. The zero-order valence-electron chi connectivity index (χ0n) is 10.9. The van der Waals surface area contributed by atoms with E-state index in [9.17, 15) is 8.42 Å². The zero-order valence-corrected chi connectivity index (χ0v) is 14.1. The fourth-order valence-corrected chi connectivity index (χ4v) is 4.71. The molecule has 1 aromatic heterocycles. The molecule has 0 saturated carbocycles. The fraction of sp³-hybridized carbons (Fsp3) is 0.231. The van der Waals surface area contributed by atoms with Gasteiger partial charge in [-0.05, 0) is 35.2 Å². The van der Waals surface area contributed by atoms with Crippen LogP contribution in [0.25, 0.3) is 0 Å². The third-order valence-electron chi connectivity index (χ3n) is 2.91. The molecule has 0 spiro atoms. The Kier molecular flexibility index (Phi) is 4.52. The van der Waals surface area contributed by atoms with E-state index in [1.54, 1.807) is 29.6 Å². The Labute approximate surface area is 140 Å². The molecule has 0 fully saturated rings. The van der Waals surface area contributed by atoms with E-state index in [0.29, 0.717) is 16.4 Å². The largest absolute Gasteiger partial charge is 0.460 e. The monoisotopic (exact) mass is 380 g/mol. The SMILES string of the molecule is O=S(=O)(Cl)c1ccsc1CC1Oc2ccccc2OC(Cl)O1. The Morgan fingerprint density at radius 2 is 1.82 bits per heavy atom. The smallest absolute Gasteiger partial charge is 0.282 e. The van der Waals surface area contributed by atoms with E-state index in [0.717, 1.165) is 0 Å². The van der Waals surface area contributed by atoms with Crippen molar-refractivity contribution in [2.45, 2.75) is 23.4 Å². The van der Waals surface area contributed by atoms with Crippen molar-refractivity contribution in [1.82, 2.24) is 0 Å². The lowest BCUT2D eigenvalue weighted by molar-refractivity contribution is -0.132. The molecule has 118 valence electrons. The van der Waals surface area contributed by atoms with Gasteiger partial charge in [0.05, 0.1) is 4.90 Å². The number of hydrogen-bond acceptors (Lipinski definition) is 6. The van der Waals surface area contributed by atoms with Crippen LogP contribution in [0.4, 0.5) is 0 Å². The van der Waals surface area contributed by atoms with Gasteiger partial charge in [-0.25, -0.2) is 8.42 Å². The highest BCUT2D eigenvalue weighted by molar-refractivity contribution is 8.13. The van der Waals surface area contributed by atoms with E-state index in [-0.39, 0.29) is 11.3 Å². The molecule has 2 aromatic rings. The van der Waals surface area contributed by atoms with E-state index in [1.165, 1.54) is 17.4 Å². The summed E-state index contributed by atoms with van der Waals surface area (Å²) >= 11 is 7.20. The molecular formula is C13H10Cl2O5S2. The number of alkyl halides is 1. The Balaban J connectivity index is 1.86. The second-order valence-corrected chi connectivity index (χ2v) is 8.26. The molecule has 0 bridgehead atoms. The maximum atomic E-state index is 11.5. The first-order valence-corrected chi connectivity index (χ1v) is 9.79. The summed E-state index contributed by atoms with van der Waals surface area (Å²) in [7, 11) is 1.59. The van der Waals surface area contributed by atoms with Gasteiger partial charge in [0.2, 0.25) is 6.29 Å². The van der Waals surface area contributed by atoms with Gasteiger partial charge in [-0.2, -0.15) is 0 Å². The van der Waals surface area contributed by atoms with Crippen molar-refractivity contribution in [3.8, 4) is 11.5 Å². The number of halogens is 2. The van der Waals surface area contributed by atoms with Crippen LogP contribution >= 0.6 is 33.6 Å².